The summed E-state index contributed by atoms with van der Waals surface area (Å²) in [5.74, 6) is 0.673. The summed E-state index contributed by atoms with van der Waals surface area (Å²) in [5.41, 5.74) is 2.57. The molecule has 1 aromatic rings. The Hall–Kier alpha value is -0.860. The van der Waals surface area contributed by atoms with Crippen LogP contribution in [0.4, 0.5) is 0 Å². The third-order valence-corrected chi connectivity index (χ3v) is 3.41. The Kier molecular flexibility index (Phi) is 7.86. The molecule has 2 unspecified atom stereocenters. The van der Waals surface area contributed by atoms with Crippen molar-refractivity contribution in [3.63, 3.8) is 0 Å². The minimum Gasteiger partial charge on any atom is -0.369 e. The van der Waals surface area contributed by atoms with Gasteiger partial charge in [-0.25, -0.2) is 0 Å². The fourth-order valence-corrected chi connectivity index (χ4v) is 2.44. The molecule has 0 bridgehead atoms. The number of aryl methyl sites for hydroxylation is 1. The second-order valence-electron chi connectivity index (χ2n) is 6.18. The Morgan fingerprint density at radius 3 is 2.30 bits per heavy atom. The van der Waals surface area contributed by atoms with Gasteiger partial charge in [-0.05, 0) is 44.7 Å². The molecule has 1 N–H and O–H groups in total. The lowest BCUT2D eigenvalue weighted by Gasteiger charge is -2.24. The molecule has 114 valence electrons. The van der Waals surface area contributed by atoms with Crippen molar-refractivity contribution in [2.75, 3.05) is 13.1 Å². The van der Waals surface area contributed by atoms with Crippen LogP contribution in [0.2, 0.25) is 0 Å². The van der Waals surface area contributed by atoms with Gasteiger partial charge in [-0.2, -0.15) is 0 Å². The average Bonchev–Trinajstić information content (AvgIpc) is 2.38. The highest BCUT2D eigenvalue weighted by Gasteiger charge is 2.16. The predicted molar refractivity (Wildman–Crippen MR) is 87.1 cm³/mol. The first-order chi connectivity index (χ1) is 9.52. The maximum Gasteiger partial charge on any atom is 0.0952 e. The zero-order chi connectivity index (χ0) is 15.0. The molecule has 0 saturated heterocycles. The van der Waals surface area contributed by atoms with Gasteiger partial charge in [-0.15, -0.1) is 0 Å². The van der Waals surface area contributed by atoms with Crippen molar-refractivity contribution in [1.29, 1.82) is 0 Å². The van der Waals surface area contributed by atoms with Crippen molar-refractivity contribution in [1.82, 2.24) is 5.32 Å². The van der Waals surface area contributed by atoms with Gasteiger partial charge in [-0.3, -0.25) is 0 Å². The molecule has 0 saturated carbocycles. The van der Waals surface area contributed by atoms with Gasteiger partial charge in [0.15, 0.2) is 0 Å². The van der Waals surface area contributed by atoms with Crippen molar-refractivity contribution in [2.45, 2.75) is 59.7 Å². The van der Waals surface area contributed by atoms with Crippen LogP contribution in [0.3, 0.4) is 0 Å². The number of rotatable bonds is 9. The van der Waals surface area contributed by atoms with E-state index in [9.17, 15) is 0 Å². The van der Waals surface area contributed by atoms with Gasteiger partial charge in [0, 0.05) is 6.54 Å². The summed E-state index contributed by atoms with van der Waals surface area (Å²) >= 11 is 0. The van der Waals surface area contributed by atoms with Crippen molar-refractivity contribution in [2.24, 2.45) is 5.92 Å². The van der Waals surface area contributed by atoms with E-state index in [2.05, 4.69) is 64.2 Å². The van der Waals surface area contributed by atoms with Gasteiger partial charge in [0.2, 0.25) is 0 Å². The number of benzene rings is 1. The van der Waals surface area contributed by atoms with Crippen LogP contribution in [-0.4, -0.2) is 19.2 Å². The fraction of sp³-hybridized carbons (Fsp3) is 0.667. The van der Waals surface area contributed by atoms with E-state index in [1.54, 1.807) is 0 Å². The molecule has 0 fully saturated rings. The molecule has 20 heavy (non-hydrogen) atoms. The maximum absolute atomic E-state index is 6.27. The van der Waals surface area contributed by atoms with Crippen LogP contribution >= 0.6 is 0 Å². The third kappa shape index (κ3) is 6.53. The van der Waals surface area contributed by atoms with E-state index in [1.165, 1.54) is 11.1 Å². The molecule has 0 radical (unpaired) electrons. The first kappa shape index (κ1) is 17.2. The van der Waals surface area contributed by atoms with Crippen molar-refractivity contribution in [3.05, 3.63) is 35.4 Å². The van der Waals surface area contributed by atoms with Crippen LogP contribution in [-0.2, 0) is 4.74 Å². The molecule has 0 spiro atoms. The number of nitrogens with one attached hydrogen (secondary N) is 1. The zero-order valence-electron chi connectivity index (χ0n) is 13.8. The zero-order valence-corrected chi connectivity index (χ0v) is 13.8. The molecule has 0 aliphatic heterocycles. The smallest absolute Gasteiger partial charge is 0.0952 e. The largest absolute Gasteiger partial charge is 0.369 e. The quantitative estimate of drug-likeness (QED) is 0.672. The van der Waals surface area contributed by atoms with Gasteiger partial charge in [0.1, 0.15) is 0 Å². The predicted octanol–water partition coefficient (Wildman–Crippen LogP) is 4.49. The SMILES string of the molecule is CCCNCC(OC(C)CC(C)C)c1ccc(C)cc1. The van der Waals surface area contributed by atoms with Crippen molar-refractivity contribution >= 4 is 0 Å². The van der Waals surface area contributed by atoms with Crippen LogP contribution in [0.5, 0.6) is 0 Å². The molecule has 1 rings (SSSR count). The topological polar surface area (TPSA) is 21.3 Å². The molecular formula is C18H31NO. The Morgan fingerprint density at radius 1 is 1.10 bits per heavy atom. The van der Waals surface area contributed by atoms with E-state index in [-0.39, 0.29) is 6.10 Å². The first-order valence-electron chi connectivity index (χ1n) is 7.95. The maximum atomic E-state index is 6.27. The highest BCUT2D eigenvalue weighted by atomic mass is 16.5. The Bertz CT molecular complexity index is 358. The molecule has 2 atom stereocenters. The monoisotopic (exact) mass is 277 g/mol. The fourth-order valence-electron chi connectivity index (χ4n) is 2.44. The van der Waals surface area contributed by atoms with Crippen molar-refractivity contribution in [3.8, 4) is 0 Å². The molecular weight excluding hydrogens is 246 g/mol. The normalized spacial score (nSPS) is 14.5. The Balaban J connectivity index is 2.66. The van der Waals surface area contributed by atoms with Gasteiger partial charge in [-0.1, -0.05) is 50.6 Å². The standard InChI is InChI=1S/C18H31NO/c1-6-11-19-13-18(20-16(5)12-14(2)3)17-9-7-15(4)8-10-17/h7-10,14,16,18-19H,6,11-13H2,1-5H3. The highest BCUT2D eigenvalue weighted by molar-refractivity contribution is 5.23. The lowest BCUT2D eigenvalue weighted by atomic mass is 10.0. The number of hydrogen-bond donors (Lipinski definition) is 1. The Morgan fingerprint density at radius 2 is 1.75 bits per heavy atom. The molecule has 2 heteroatoms. The number of hydrogen-bond acceptors (Lipinski definition) is 2. The van der Waals surface area contributed by atoms with Gasteiger partial charge in [0.25, 0.3) is 0 Å². The first-order valence-corrected chi connectivity index (χ1v) is 7.95. The minimum atomic E-state index is 0.149. The van der Waals surface area contributed by atoms with E-state index in [1.807, 2.05) is 0 Å². The van der Waals surface area contributed by atoms with Crippen LogP contribution < -0.4 is 5.32 Å². The van der Waals surface area contributed by atoms with Gasteiger partial charge >= 0.3 is 0 Å². The molecule has 2 nitrogen and oxygen atoms in total. The van der Waals surface area contributed by atoms with E-state index in [0.29, 0.717) is 12.0 Å². The third-order valence-electron chi connectivity index (χ3n) is 3.41. The van der Waals surface area contributed by atoms with Gasteiger partial charge < -0.3 is 10.1 Å². The van der Waals surface area contributed by atoms with Crippen LogP contribution in [0.1, 0.15) is 57.8 Å². The number of ether oxygens (including phenoxy) is 1. The van der Waals surface area contributed by atoms with Crippen molar-refractivity contribution < 1.29 is 4.74 Å². The van der Waals surface area contributed by atoms with Crippen LogP contribution in [0.25, 0.3) is 0 Å². The van der Waals surface area contributed by atoms with E-state index in [0.717, 1.165) is 25.9 Å². The molecule has 0 amide bonds. The second kappa shape index (κ2) is 9.15. The lowest BCUT2D eigenvalue weighted by molar-refractivity contribution is -0.0125. The second-order valence-corrected chi connectivity index (χ2v) is 6.18. The van der Waals surface area contributed by atoms with Gasteiger partial charge in [0.05, 0.1) is 12.2 Å². The van der Waals surface area contributed by atoms with Crippen LogP contribution in [0, 0.1) is 12.8 Å². The average molecular weight is 277 g/mol. The summed E-state index contributed by atoms with van der Waals surface area (Å²) in [5, 5.41) is 3.48. The van der Waals surface area contributed by atoms with Crippen LogP contribution in [0.15, 0.2) is 24.3 Å². The lowest BCUT2D eigenvalue weighted by Crippen LogP contribution is -2.27. The minimum absolute atomic E-state index is 0.149. The van der Waals surface area contributed by atoms with E-state index < -0.39 is 0 Å². The van der Waals surface area contributed by atoms with E-state index >= 15 is 0 Å². The summed E-state index contributed by atoms with van der Waals surface area (Å²) in [6.07, 6.45) is 2.71. The molecule has 0 aromatic heterocycles. The summed E-state index contributed by atoms with van der Waals surface area (Å²) < 4.78 is 6.27. The Labute approximate surface area is 124 Å². The summed E-state index contributed by atoms with van der Waals surface area (Å²) in [7, 11) is 0. The summed E-state index contributed by atoms with van der Waals surface area (Å²) in [6, 6.07) is 8.71. The molecule has 0 heterocycles. The summed E-state index contributed by atoms with van der Waals surface area (Å²) in [6.45, 7) is 12.9. The molecule has 0 aliphatic rings. The molecule has 1 aromatic carbocycles. The molecule has 0 aliphatic carbocycles. The summed E-state index contributed by atoms with van der Waals surface area (Å²) in [4.78, 5) is 0. The van der Waals surface area contributed by atoms with E-state index in [4.69, 9.17) is 4.74 Å². The highest BCUT2D eigenvalue weighted by Crippen LogP contribution is 2.21.